The number of benzene rings is 1. The molecule has 6 heteroatoms. The van der Waals surface area contributed by atoms with Gasteiger partial charge in [0.05, 0.1) is 18.2 Å². The molecule has 1 aromatic carbocycles. The number of hydrogen-bond acceptors (Lipinski definition) is 4. The van der Waals surface area contributed by atoms with E-state index in [1.807, 2.05) is 32.5 Å². The first kappa shape index (κ1) is 21.9. The molecule has 1 aliphatic carbocycles. The molecule has 0 radical (unpaired) electrons. The standard InChI is InChI=1S/C21H35N3O2S/c1-6-22-20(24-14-21(25)11-10-19(21)27-7-2)23-13-17-9-8-16(5)12-18(17)26-15(3)4/h8-9,12,15,19,25H,6-7,10-11,13-14H2,1-5H3,(H2,22,23,24). The van der Waals surface area contributed by atoms with Gasteiger partial charge in [-0.15, -0.1) is 0 Å². The fourth-order valence-electron chi connectivity index (χ4n) is 3.14. The van der Waals surface area contributed by atoms with E-state index < -0.39 is 5.60 Å². The van der Waals surface area contributed by atoms with Gasteiger partial charge < -0.3 is 20.5 Å². The Balaban J connectivity index is 2.03. The van der Waals surface area contributed by atoms with Crippen LogP contribution in [0.1, 0.15) is 51.7 Å². The number of ether oxygens (including phenoxy) is 1. The average molecular weight is 394 g/mol. The maximum atomic E-state index is 10.8. The zero-order valence-electron chi connectivity index (χ0n) is 17.3. The van der Waals surface area contributed by atoms with Gasteiger partial charge >= 0.3 is 0 Å². The van der Waals surface area contributed by atoms with Crippen LogP contribution in [0.25, 0.3) is 0 Å². The second-order valence-electron chi connectivity index (χ2n) is 7.41. The molecule has 27 heavy (non-hydrogen) atoms. The van der Waals surface area contributed by atoms with Crippen LogP contribution >= 0.6 is 11.8 Å². The molecule has 2 rings (SSSR count). The molecule has 1 saturated carbocycles. The second-order valence-corrected chi connectivity index (χ2v) is 8.89. The summed E-state index contributed by atoms with van der Waals surface area (Å²) in [6, 6.07) is 6.23. The highest BCUT2D eigenvalue weighted by molar-refractivity contribution is 8.00. The van der Waals surface area contributed by atoms with E-state index in [2.05, 4.69) is 42.7 Å². The highest BCUT2D eigenvalue weighted by Gasteiger charge is 2.45. The van der Waals surface area contributed by atoms with Crippen molar-refractivity contribution in [3.05, 3.63) is 29.3 Å². The summed E-state index contributed by atoms with van der Waals surface area (Å²) < 4.78 is 5.95. The Hall–Kier alpha value is -1.40. The SMILES string of the molecule is CCNC(=NCc1ccc(C)cc1OC(C)C)NCC1(O)CCC1SCC. The maximum Gasteiger partial charge on any atom is 0.191 e. The molecule has 1 aliphatic rings. The molecular weight excluding hydrogens is 358 g/mol. The fourth-order valence-corrected chi connectivity index (χ4v) is 4.33. The molecule has 0 amide bonds. The van der Waals surface area contributed by atoms with E-state index in [-0.39, 0.29) is 6.10 Å². The Labute approximate surface area is 168 Å². The van der Waals surface area contributed by atoms with Crippen LogP contribution in [0, 0.1) is 6.92 Å². The van der Waals surface area contributed by atoms with Gasteiger partial charge in [0, 0.05) is 23.9 Å². The monoisotopic (exact) mass is 393 g/mol. The number of guanidine groups is 1. The summed E-state index contributed by atoms with van der Waals surface area (Å²) in [5, 5.41) is 17.7. The normalized spacial score (nSPS) is 22.5. The average Bonchev–Trinajstić information content (AvgIpc) is 2.61. The van der Waals surface area contributed by atoms with Crippen LogP contribution < -0.4 is 15.4 Å². The van der Waals surface area contributed by atoms with Crippen molar-refractivity contribution in [2.24, 2.45) is 4.99 Å². The largest absolute Gasteiger partial charge is 0.491 e. The van der Waals surface area contributed by atoms with Gasteiger partial charge in [-0.05, 0) is 57.9 Å². The summed E-state index contributed by atoms with van der Waals surface area (Å²) in [6.45, 7) is 12.2. The van der Waals surface area contributed by atoms with Gasteiger partial charge in [-0.2, -0.15) is 11.8 Å². The van der Waals surface area contributed by atoms with E-state index in [0.29, 0.717) is 18.3 Å². The summed E-state index contributed by atoms with van der Waals surface area (Å²) in [5.41, 5.74) is 1.61. The predicted molar refractivity (Wildman–Crippen MR) is 116 cm³/mol. The summed E-state index contributed by atoms with van der Waals surface area (Å²) in [6.07, 6.45) is 2.06. The van der Waals surface area contributed by atoms with Crippen LogP contribution in [0.2, 0.25) is 0 Å². The summed E-state index contributed by atoms with van der Waals surface area (Å²) >= 11 is 1.84. The number of aliphatic hydroxyl groups is 1. The summed E-state index contributed by atoms with van der Waals surface area (Å²) in [4.78, 5) is 4.71. The molecule has 0 saturated heterocycles. The fraction of sp³-hybridized carbons (Fsp3) is 0.667. The zero-order valence-corrected chi connectivity index (χ0v) is 18.2. The van der Waals surface area contributed by atoms with Gasteiger partial charge in [-0.3, -0.25) is 0 Å². The Morgan fingerprint density at radius 2 is 2.15 bits per heavy atom. The first-order valence-electron chi connectivity index (χ1n) is 10.00. The number of hydrogen-bond donors (Lipinski definition) is 3. The van der Waals surface area contributed by atoms with Crippen LogP contribution in [-0.4, -0.2) is 46.9 Å². The zero-order chi connectivity index (χ0) is 19.9. The molecular formula is C21H35N3O2S. The van der Waals surface area contributed by atoms with Crippen molar-refractivity contribution >= 4 is 17.7 Å². The first-order valence-corrected chi connectivity index (χ1v) is 11.0. The highest BCUT2D eigenvalue weighted by Crippen LogP contribution is 2.40. The molecule has 0 aromatic heterocycles. The Morgan fingerprint density at radius 1 is 1.37 bits per heavy atom. The van der Waals surface area contributed by atoms with Gasteiger partial charge in [-0.25, -0.2) is 4.99 Å². The summed E-state index contributed by atoms with van der Waals surface area (Å²) in [5.74, 6) is 2.66. The molecule has 0 spiro atoms. The van der Waals surface area contributed by atoms with Gasteiger partial charge in [0.25, 0.3) is 0 Å². The number of aryl methyl sites for hydroxylation is 1. The first-order chi connectivity index (χ1) is 12.9. The number of aliphatic imine (C=N–C) groups is 1. The third-order valence-electron chi connectivity index (χ3n) is 4.71. The lowest BCUT2D eigenvalue weighted by Gasteiger charge is -2.45. The van der Waals surface area contributed by atoms with Gasteiger partial charge in [-0.1, -0.05) is 19.1 Å². The molecule has 3 N–H and O–H groups in total. The van der Waals surface area contributed by atoms with Gasteiger partial charge in [0.1, 0.15) is 5.75 Å². The molecule has 152 valence electrons. The van der Waals surface area contributed by atoms with E-state index in [1.54, 1.807) is 0 Å². The topological polar surface area (TPSA) is 65.9 Å². The number of nitrogens with zero attached hydrogens (tertiary/aromatic N) is 1. The van der Waals surface area contributed by atoms with Crippen molar-refractivity contribution in [2.45, 2.75) is 71.0 Å². The smallest absolute Gasteiger partial charge is 0.191 e. The molecule has 1 fully saturated rings. The van der Waals surface area contributed by atoms with E-state index in [1.165, 1.54) is 5.56 Å². The van der Waals surface area contributed by atoms with Gasteiger partial charge in [0.15, 0.2) is 5.96 Å². The van der Waals surface area contributed by atoms with Crippen molar-refractivity contribution in [3.63, 3.8) is 0 Å². The third-order valence-corrected chi connectivity index (χ3v) is 6.12. The maximum absolute atomic E-state index is 10.8. The van der Waals surface area contributed by atoms with Crippen molar-refractivity contribution in [1.82, 2.24) is 10.6 Å². The van der Waals surface area contributed by atoms with Crippen LogP contribution in [0.3, 0.4) is 0 Å². The lowest BCUT2D eigenvalue weighted by atomic mass is 9.79. The Bertz CT molecular complexity index is 636. The quantitative estimate of drug-likeness (QED) is 0.443. The Kier molecular flexibility index (Phi) is 8.29. The van der Waals surface area contributed by atoms with Gasteiger partial charge in [0.2, 0.25) is 0 Å². The van der Waals surface area contributed by atoms with Crippen LogP contribution in [0.4, 0.5) is 0 Å². The van der Waals surface area contributed by atoms with E-state index in [4.69, 9.17) is 9.73 Å². The van der Waals surface area contributed by atoms with E-state index in [0.717, 1.165) is 42.4 Å². The van der Waals surface area contributed by atoms with E-state index >= 15 is 0 Å². The third kappa shape index (κ3) is 6.32. The van der Waals surface area contributed by atoms with Crippen LogP contribution in [0.5, 0.6) is 5.75 Å². The minimum atomic E-state index is -0.632. The molecule has 0 bridgehead atoms. The predicted octanol–water partition coefficient (Wildman–Crippen LogP) is 3.48. The molecule has 0 aliphatic heterocycles. The molecule has 1 aromatic rings. The van der Waals surface area contributed by atoms with E-state index in [9.17, 15) is 5.11 Å². The van der Waals surface area contributed by atoms with Crippen molar-refractivity contribution in [1.29, 1.82) is 0 Å². The minimum absolute atomic E-state index is 0.127. The minimum Gasteiger partial charge on any atom is -0.491 e. The molecule has 2 atom stereocenters. The van der Waals surface area contributed by atoms with Crippen molar-refractivity contribution < 1.29 is 9.84 Å². The summed E-state index contributed by atoms with van der Waals surface area (Å²) in [7, 11) is 0. The number of nitrogens with one attached hydrogen (secondary N) is 2. The lowest BCUT2D eigenvalue weighted by Crippen LogP contribution is -2.58. The molecule has 5 nitrogen and oxygen atoms in total. The lowest BCUT2D eigenvalue weighted by molar-refractivity contribution is -0.0198. The Morgan fingerprint density at radius 3 is 2.74 bits per heavy atom. The number of thioether (sulfide) groups is 1. The second kappa shape index (κ2) is 10.2. The molecule has 2 unspecified atom stereocenters. The van der Waals surface area contributed by atoms with Crippen molar-refractivity contribution in [2.75, 3.05) is 18.8 Å². The van der Waals surface area contributed by atoms with Crippen LogP contribution in [0.15, 0.2) is 23.2 Å². The van der Waals surface area contributed by atoms with Crippen LogP contribution in [-0.2, 0) is 6.54 Å². The van der Waals surface area contributed by atoms with Crippen molar-refractivity contribution in [3.8, 4) is 5.75 Å². The molecule has 0 heterocycles. The highest BCUT2D eigenvalue weighted by atomic mass is 32.2. The number of rotatable bonds is 9.